The molecule has 17 heavy (non-hydrogen) atoms. The molecule has 0 amide bonds. The SMILES string of the molecule is Cc1nc(CCNC2CSCCC2(C)C)cs1. The maximum absolute atomic E-state index is 4.50. The lowest BCUT2D eigenvalue weighted by Gasteiger charge is -2.38. The molecule has 0 bridgehead atoms. The topological polar surface area (TPSA) is 24.9 Å². The highest BCUT2D eigenvalue weighted by Gasteiger charge is 2.31. The molecular formula is C13H22N2S2. The van der Waals surface area contributed by atoms with Gasteiger partial charge in [0.05, 0.1) is 10.7 Å². The Hall–Kier alpha value is -0.0600. The van der Waals surface area contributed by atoms with E-state index in [0.29, 0.717) is 11.5 Å². The van der Waals surface area contributed by atoms with Gasteiger partial charge in [-0.05, 0) is 24.5 Å². The van der Waals surface area contributed by atoms with Gasteiger partial charge >= 0.3 is 0 Å². The van der Waals surface area contributed by atoms with Gasteiger partial charge in [-0.25, -0.2) is 4.98 Å². The molecule has 0 aliphatic carbocycles. The summed E-state index contributed by atoms with van der Waals surface area (Å²) in [6, 6.07) is 0.654. The van der Waals surface area contributed by atoms with Crippen LogP contribution >= 0.6 is 23.1 Å². The van der Waals surface area contributed by atoms with Crippen LogP contribution in [0.25, 0.3) is 0 Å². The molecule has 0 aromatic carbocycles. The maximum atomic E-state index is 4.50. The molecule has 0 spiro atoms. The molecule has 1 atom stereocenters. The van der Waals surface area contributed by atoms with E-state index in [2.05, 4.69) is 48.2 Å². The number of aryl methyl sites for hydroxylation is 1. The molecule has 1 unspecified atom stereocenters. The van der Waals surface area contributed by atoms with Crippen LogP contribution in [0.15, 0.2) is 5.38 Å². The van der Waals surface area contributed by atoms with Gasteiger partial charge in [-0.1, -0.05) is 13.8 Å². The van der Waals surface area contributed by atoms with E-state index in [-0.39, 0.29) is 0 Å². The summed E-state index contributed by atoms with van der Waals surface area (Å²) in [5.41, 5.74) is 1.68. The largest absolute Gasteiger partial charge is 0.312 e. The van der Waals surface area contributed by atoms with Crippen LogP contribution in [0.2, 0.25) is 0 Å². The van der Waals surface area contributed by atoms with Gasteiger partial charge in [0.15, 0.2) is 0 Å². The molecular weight excluding hydrogens is 248 g/mol. The average molecular weight is 270 g/mol. The molecule has 0 saturated carbocycles. The summed E-state index contributed by atoms with van der Waals surface area (Å²) in [5, 5.41) is 7.07. The number of nitrogens with zero attached hydrogens (tertiary/aromatic N) is 1. The van der Waals surface area contributed by atoms with Gasteiger partial charge in [0.1, 0.15) is 0 Å². The van der Waals surface area contributed by atoms with Crippen LogP contribution in [-0.4, -0.2) is 29.1 Å². The van der Waals surface area contributed by atoms with Crippen molar-refractivity contribution in [3.63, 3.8) is 0 Å². The molecule has 1 aliphatic rings. The minimum atomic E-state index is 0.448. The van der Waals surface area contributed by atoms with Gasteiger partial charge < -0.3 is 5.32 Å². The van der Waals surface area contributed by atoms with E-state index >= 15 is 0 Å². The summed E-state index contributed by atoms with van der Waals surface area (Å²) in [6.07, 6.45) is 2.38. The Labute approximate surface area is 113 Å². The quantitative estimate of drug-likeness (QED) is 0.910. The summed E-state index contributed by atoms with van der Waals surface area (Å²) in [4.78, 5) is 4.50. The number of thioether (sulfide) groups is 1. The second-order valence-corrected chi connectivity index (χ2v) is 7.64. The normalized spacial score (nSPS) is 23.8. The smallest absolute Gasteiger partial charge is 0.0897 e. The Kier molecular flexibility index (Phi) is 4.50. The first-order valence-electron chi connectivity index (χ1n) is 6.30. The standard InChI is InChI=1S/C13H22N2S2/c1-10-15-11(8-17-10)4-6-14-12-9-16-7-5-13(12,2)3/h8,12,14H,4-7,9H2,1-3H3. The van der Waals surface area contributed by atoms with Crippen molar-refractivity contribution in [3.8, 4) is 0 Å². The van der Waals surface area contributed by atoms with Crippen LogP contribution < -0.4 is 5.32 Å². The molecule has 1 fully saturated rings. The first-order chi connectivity index (χ1) is 8.08. The van der Waals surface area contributed by atoms with Crippen LogP contribution in [-0.2, 0) is 6.42 Å². The van der Waals surface area contributed by atoms with Crippen LogP contribution in [0.4, 0.5) is 0 Å². The van der Waals surface area contributed by atoms with E-state index in [0.717, 1.165) is 13.0 Å². The van der Waals surface area contributed by atoms with E-state index in [1.54, 1.807) is 11.3 Å². The first kappa shape index (κ1) is 13.4. The van der Waals surface area contributed by atoms with Crippen LogP contribution in [0.5, 0.6) is 0 Å². The Morgan fingerprint density at radius 2 is 2.35 bits per heavy atom. The lowest BCUT2D eigenvalue weighted by molar-refractivity contribution is 0.247. The summed E-state index contributed by atoms with van der Waals surface area (Å²) < 4.78 is 0. The summed E-state index contributed by atoms with van der Waals surface area (Å²) >= 11 is 3.83. The second-order valence-electron chi connectivity index (χ2n) is 5.43. The number of hydrogen-bond acceptors (Lipinski definition) is 4. The zero-order valence-electron chi connectivity index (χ0n) is 11.0. The number of nitrogens with one attached hydrogen (secondary N) is 1. The van der Waals surface area contributed by atoms with Crippen molar-refractivity contribution in [1.82, 2.24) is 10.3 Å². The fourth-order valence-electron chi connectivity index (χ4n) is 2.17. The van der Waals surface area contributed by atoms with Gasteiger partial charge in [0.25, 0.3) is 0 Å². The van der Waals surface area contributed by atoms with Gasteiger partial charge in [-0.15, -0.1) is 11.3 Å². The minimum absolute atomic E-state index is 0.448. The van der Waals surface area contributed by atoms with E-state index in [1.165, 1.54) is 28.6 Å². The highest BCUT2D eigenvalue weighted by Crippen LogP contribution is 2.34. The second kappa shape index (κ2) is 5.72. The minimum Gasteiger partial charge on any atom is -0.312 e. The van der Waals surface area contributed by atoms with Crippen molar-refractivity contribution in [2.75, 3.05) is 18.1 Å². The molecule has 2 rings (SSSR count). The van der Waals surface area contributed by atoms with E-state index in [9.17, 15) is 0 Å². The summed E-state index contributed by atoms with van der Waals surface area (Å²) in [5.74, 6) is 2.57. The van der Waals surface area contributed by atoms with Crippen molar-refractivity contribution in [1.29, 1.82) is 0 Å². The van der Waals surface area contributed by atoms with Gasteiger partial charge in [-0.2, -0.15) is 11.8 Å². The molecule has 2 heterocycles. The fraction of sp³-hybridized carbons (Fsp3) is 0.769. The molecule has 4 heteroatoms. The predicted octanol–water partition coefficient (Wildman–Crippen LogP) is 3.12. The molecule has 1 saturated heterocycles. The average Bonchev–Trinajstić information content (AvgIpc) is 2.67. The number of hydrogen-bond donors (Lipinski definition) is 1. The van der Waals surface area contributed by atoms with Crippen LogP contribution in [0.3, 0.4) is 0 Å². The number of thiazole rings is 1. The highest BCUT2D eigenvalue weighted by molar-refractivity contribution is 7.99. The molecule has 2 nitrogen and oxygen atoms in total. The number of aromatic nitrogens is 1. The van der Waals surface area contributed by atoms with Crippen LogP contribution in [0.1, 0.15) is 31.0 Å². The molecule has 96 valence electrons. The Balaban J connectivity index is 1.77. The van der Waals surface area contributed by atoms with Crippen LogP contribution in [0, 0.1) is 12.3 Å². The lowest BCUT2D eigenvalue weighted by atomic mass is 9.82. The molecule has 1 aliphatic heterocycles. The molecule has 1 N–H and O–H groups in total. The molecule has 1 aromatic rings. The third kappa shape index (κ3) is 3.70. The monoisotopic (exact) mass is 270 g/mol. The van der Waals surface area contributed by atoms with Crippen molar-refractivity contribution < 1.29 is 0 Å². The first-order valence-corrected chi connectivity index (χ1v) is 8.33. The van der Waals surface area contributed by atoms with E-state index in [1.807, 2.05) is 0 Å². The van der Waals surface area contributed by atoms with Crippen molar-refractivity contribution >= 4 is 23.1 Å². The zero-order chi connectivity index (χ0) is 12.3. The third-order valence-corrected chi connectivity index (χ3v) is 5.44. The van der Waals surface area contributed by atoms with Gasteiger partial charge in [0, 0.05) is 30.1 Å². The van der Waals surface area contributed by atoms with E-state index in [4.69, 9.17) is 0 Å². The fourth-order valence-corrected chi connectivity index (χ4v) is 4.46. The predicted molar refractivity (Wildman–Crippen MR) is 78.1 cm³/mol. The molecule has 0 radical (unpaired) electrons. The van der Waals surface area contributed by atoms with Crippen molar-refractivity contribution in [3.05, 3.63) is 16.1 Å². The maximum Gasteiger partial charge on any atom is 0.0897 e. The third-order valence-electron chi connectivity index (χ3n) is 3.56. The Bertz CT molecular complexity index is 360. The highest BCUT2D eigenvalue weighted by atomic mass is 32.2. The van der Waals surface area contributed by atoms with Gasteiger partial charge in [0.2, 0.25) is 0 Å². The van der Waals surface area contributed by atoms with E-state index < -0.39 is 0 Å². The Morgan fingerprint density at radius 1 is 1.53 bits per heavy atom. The summed E-state index contributed by atoms with van der Waals surface area (Å²) in [7, 11) is 0. The zero-order valence-corrected chi connectivity index (χ0v) is 12.6. The lowest BCUT2D eigenvalue weighted by Crippen LogP contribution is -2.47. The van der Waals surface area contributed by atoms with Crippen molar-refractivity contribution in [2.24, 2.45) is 5.41 Å². The summed E-state index contributed by atoms with van der Waals surface area (Å²) in [6.45, 7) is 7.90. The number of rotatable bonds is 4. The van der Waals surface area contributed by atoms with Crippen molar-refractivity contribution in [2.45, 2.75) is 39.7 Å². The Morgan fingerprint density at radius 3 is 3.00 bits per heavy atom. The van der Waals surface area contributed by atoms with Gasteiger partial charge in [-0.3, -0.25) is 0 Å². The molecule has 1 aromatic heterocycles.